The molecule has 78 valence electrons. The van der Waals surface area contributed by atoms with Gasteiger partial charge in [-0.25, -0.2) is 0 Å². The first kappa shape index (κ1) is 11.5. The number of carbonyl (C=O) groups is 1. The van der Waals surface area contributed by atoms with Crippen LogP contribution in [0.4, 0.5) is 0 Å². The van der Waals surface area contributed by atoms with Gasteiger partial charge in [0.15, 0.2) is 0 Å². The standard InChI is InChI=1S/C10H14ClNOS/c1-3-10(2,7-11)12-9(13)8-5-4-6-14-8/h4-6H,3,7H2,1-2H3,(H,12,13). The van der Waals surface area contributed by atoms with Crippen molar-refractivity contribution in [1.82, 2.24) is 5.32 Å². The summed E-state index contributed by atoms with van der Waals surface area (Å²) in [4.78, 5) is 12.4. The second-order valence-electron chi connectivity index (χ2n) is 3.48. The fourth-order valence-corrected chi connectivity index (χ4v) is 1.83. The highest BCUT2D eigenvalue weighted by Crippen LogP contribution is 2.14. The average molecular weight is 232 g/mol. The number of halogens is 1. The topological polar surface area (TPSA) is 29.1 Å². The van der Waals surface area contributed by atoms with Crippen molar-refractivity contribution < 1.29 is 4.79 Å². The normalized spacial score (nSPS) is 14.8. The molecule has 0 bridgehead atoms. The Labute approximate surface area is 93.3 Å². The Morgan fingerprint density at radius 3 is 2.86 bits per heavy atom. The molecular formula is C10H14ClNOS. The maximum absolute atomic E-state index is 11.7. The molecule has 0 aromatic carbocycles. The van der Waals surface area contributed by atoms with Gasteiger partial charge >= 0.3 is 0 Å². The molecule has 1 aromatic rings. The van der Waals surface area contributed by atoms with Gasteiger partial charge in [0.2, 0.25) is 0 Å². The highest BCUT2D eigenvalue weighted by Gasteiger charge is 2.23. The lowest BCUT2D eigenvalue weighted by molar-refractivity contribution is 0.0916. The van der Waals surface area contributed by atoms with Gasteiger partial charge in [0.25, 0.3) is 5.91 Å². The predicted molar refractivity (Wildman–Crippen MR) is 61.2 cm³/mol. The van der Waals surface area contributed by atoms with Crippen molar-refractivity contribution in [3.8, 4) is 0 Å². The fourth-order valence-electron chi connectivity index (χ4n) is 0.960. The van der Waals surface area contributed by atoms with Gasteiger partial charge in [-0.05, 0) is 24.8 Å². The van der Waals surface area contributed by atoms with E-state index in [4.69, 9.17) is 11.6 Å². The minimum Gasteiger partial charge on any atom is -0.345 e. The summed E-state index contributed by atoms with van der Waals surface area (Å²) in [6, 6.07) is 3.67. The molecule has 0 saturated heterocycles. The maximum Gasteiger partial charge on any atom is 0.261 e. The van der Waals surface area contributed by atoms with Crippen molar-refractivity contribution in [3.63, 3.8) is 0 Å². The molecule has 2 nitrogen and oxygen atoms in total. The van der Waals surface area contributed by atoms with E-state index in [1.165, 1.54) is 11.3 Å². The van der Waals surface area contributed by atoms with Crippen LogP contribution in [-0.2, 0) is 0 Å². The Hall–Kier alpha value is -0.540. The molecular weight excluding hydrogens is 218 g/mol. The van der Waals surface area contributed by atoms with E-state index in [1.54, 1.807) is 0 Å². The fraction of sp³-hybridized carbons (Fsp3) is 0.500. The molecule has 0 aliphatic rings. The zero-order valence-corrected chi connectivity index (χ0v) is 9.91. The predicted octanol–water partition coefficient (Wildman–Crippen LogP) is 2.89. The van der Waals surface area contributed by atoms with Crippen molar-refractivity contribution in [2.24, 2.45) is 0 Å². The van der Waals surface area contributed by atoms with E-state index in [2.05, 4.69) is 5.32 Å². The molecule has 1 rings (SSSR count). The van der Waals surface area contributed by atoms with Crippen molar-refractivity contribution in [2.45, 2.75) is 25.8 Å². The highest BCUT2D eigenvalue weighted by molar-refractivity contribution is 7.12. The minimum atomic E-state index is -0.303. The summed E-state index contributed by atoms with van der Waals surface area (Å²) < 4.78 is 0. The number of hydrogen-bond donors (Lipinski definition) is 1. The summed E-state index contributed by atoms with van der Waals surface area (Å²) in [6.07, 6.45) is 0.827. The molecule has 1 unspecified atom stereocenters. The van der Waals surface area contributed by atoms with Crippen LogP contribution in [0, 0.1) is 0 Å². The third-order valence-electron chi connectivity index (χ3n) is 2.24. The zero-order valence-electron chi connectivity index (χ0n) is 8.34. The number of nitrogens with one attached hydrogen (secondary N) is 1. The number of amides is 1. The summed E-state index contributed by atoms with van der Waals surface area (Å²) in [5, 5.41) is 4.82. The molecule has 1 heterocycles. The molecule has 0 fully saturated rings. The molecule has 0 aliphatic heterocycles. The Morgan fingerprint density at radius 2 is 2.43 bits per heavy atom. The summed E-state index contributed by atoms with van der Waals surface area (Å²) in [7, 11) is 0. The minimum absolute atomic E-state index is 0.0370. The highest BCUT2D eigenvalue weighted by atomic mass is 35.5. The van der Waals surface area contributed by atoms with Gasteiger partial charge in [-0.3, -0.25) is 4.79 Å². The molecule has 1 atom stereocenters. The molecule has 0 aliphatic carbocycles. The van der Waals surface area contributed by atoms with Gasteiger partial charge in [0, 0.05) is 5.88 Å². The van der Waals surface area contributed by atoms with E-state index in [0.717, 1.165) is 11.3 Å². The SMILES string of the molecule is CCC(C)(CCl)NC(=O)c1cccs1. The maximum atomic E-state index is 11.7. The lowest BCUT2D eigenvalue weighted by Gasteiger charge is -2.26. The van der Waals surface area contributed by atoms with Crippen molar-refractivity contribution in [3.05, 3.63) is 22.4 Å². The van der Waals surface area contributed by atoms with Crippen molar-refractivity contribution >= 4 is 28.8 Å². The quantitative estimate of drug-likeness (QED) is 0.794. The van der Waals surface area contributed by atoms with Crippen molar-refractivity contribution in [1.29, 1.82) is 0 Å². The molecule has 0 spiro atoms. The third kappa shape index (κ3) is 2.72. The molecule has 1 N–H and O–H groups in total. The first-order chi connectivity index (χ1) is 6.61. The van der Waals surface area contributed by atoms with Gasteiger partial charge in [0.1, 0.15) is 0 Å². The molecule has 1 amide bonds. The molecule has 1 aromatic heterocycles. The molecule has 0 radical (unpaired) electrons. The van der Waals surface area contributed by atoms with Crippen molar-refractivity contribution in [2.75, 3.05) is 5.88 Å². The number of rotatable bonds is 4. The van der Waals surface area contributed by atoms with Crippen LogP contribution in [0.1, 0.15) is 29.9 Å². The van der Waals surface area contributed by atoms with Crippen LogP contribution in [0.25, 0.3) is 0 Å². The van der Waals surface area contributed by atoms with E-state index in [1.807, 2.05) is 31.4 Å². The smallest absolute Gasteiger partial charge is 0.261 e. The first-order valence-electron chi connectivity index (χ1n) is 4.53. The van der Waals surface area contributed by atoms with Crippen LogP contribution in [0.2, 0.25) is 0 Å². The van der Waals surface area contributed by atoms with Crippen LogP contribution >= 0.6 is 22.9 Å². The Bertz CT molecular complexity index is 293. The summed E-state index contributed by atoms with van der Waals surface area (Å²) in [6.45, 7) is 3.96. The average Bonchev–Trinajstić information content (AvgIpc) is 2.70. The third-order valence-corrected chi connectivity index (χ3v) is 3.69. The van der Waals surface area contributed by atoms with E-state index in [9.17, 15) is 4.79 Å². The summed E-state index contributed by atoms with van der Waals surface area (Å²) in [5.41, 5.74) is -0.303. The monoisotopic (exact) mass is 231 g/mol. The lowest BCUT2D eigenvalue weighted by atomic mass is 10.0. The van der Waals surface area contributed by atoms with Gasteiger partial charge < -0.3 is 5.32 Å². The van der Waals surface area contributed by atoms with Crippen LogP contribution < -0.4 is 5.32 Å². The Kier molecular flexibility index (Phi) is 3.96. The zero-order chi connectivity index (χ0) is 10.6. The number of hydrogen-bond acceptors (Lipinski definition) is 2. The molecule has 4 heteroatoms. The Morgan fingerprint density at radius 1 is 1.71 bits per heavy atom. The summed E-state index contributed by atoms with van der Waals surface area (Å²) in [5.74, 6) is 0.394. The number of thiophene rings is 1. The van der Waals surface area contributed by atoms with Crippen LogP contribution in [0.3, 0.4) is 0 Å². The molecule has 0 saturated carbocycles. The lowest BCUT2D eigenvalue weighted by Crippen LogP contribution is -2.46. The van der Waals surface area contributed by atoms with E-state index in [0.29, 0.717) is 5.88 Å². The van der Waals surface area contributed by atoms with Gasteiger partial charge in [0.05, 0.1) is 10.4 Å². The number of carbonyl (C=O) groups excluding carboxylic acids is 1. The van der Waals surface area contributed by atoms with Crippen LogP contribution in [-0.4, -0.2) is 17.3 Å². The first-order valence-corrected chi connectivity index (χ1v) is 5.94. The largest absolute Gasteiger partial charge is 0.345 e. The molecule has 14 heavy (non-hydrogen) atoms. The van der Waals surface area contributed by atoms with E-state index >= 15 is 0 Å². The van der Waals surface area contributed by atoms with Gasteiger partial charge in [-0.2, -0.15) is 0 Å². The van der Waals surface area contributed by atoms with E-state index < -0.39 is 0 Å². The Balaban J connectivity index is 2.65. The van der Waals surface area contributed by atoms with Crippen LogP contribution in [0.5, 0.6) is 0 Å². The van der Waals surface area contributed by atoms with Gasteiger partial charge in [-0.15, -0.1) is 22.9 Å². The number of alkyl halides is 1. The second-order valence-corrected chi connectivity index (χ2v) is 4.69. The van der Waals surface area contributed by atoms with Gasteiger partial charge in [-0.1, -0.05) is 13.0 Å². The van der Waals surface area contributed by atoms with E-state index in [-0.39, 0.29) is 11.4 Å². The second kappa shape index (κ2) is 4.80. The van der Waals surface area contributed by atoms with Crippen LogP contribution in [0.15, 0.2) is 17.5 Å². The summed E-state index contributed by atoms with van der Waals surface area (Å²) >= 11 is 7.24.